The summed E-state index contributed by atoms with van der Waals surface area (Å²) < 4.78 is 20.7. The summed E-state index contributed by atoms with van der Waals surface area (Å²) in [6, 6.07) is 7.64. The molecule has 0 aliphatic heterocycles. The maximum atomic E-state index is 11.7. The normalized spacial score (nSPS) is 14.6. The standard InChI is InChI=1S/C13H15NO2S/c1-13(2,3)17(15)14-9-10-4-5-12-11(8-10)6-7-16-12/h4-9H,1-3H3. The minimum atomic E-state index is -1.22. The highest BCUT2D eigenvalue weighted by molar-refractivity contribution is 7.91. The molecule has 2 aromatic rings. The van der Waals surface area contributed by atoms with Gasteiger partial charge in [0.15, 0.2) is 0 Å². The zero-order chi connectivity index (χ0) is 12.5. The summed E-state index contributed by atoms with van der Waals surface area (Å²) in [5.74, 6) is 0. The van der Waals surface area contributed by atoms with Gasteiger partial charge in [0.25, 0.3) is 0 Å². The Bertz CT molecular complexity index is 540. The van der Waals surface area contributed by atoms with Crippen molar-refractivity contribution in [3.63, 3.8) is 0 Å². The van der Waals surface area contributed by atoms with Gasteiger partial charge in [-0.15, -0.1) is 0 Å². The lowest BCUT2D eigenvalue weighted by atomic mass is 10.2. The lowest BCUT2D eigenvalue weighted by Crippen LogP contribution is -2.25. The molecule has 90 valence electrons. The third-order valence-electron chi connectivity index (χ3n) is 2.30. The van der Waals surface area contributed by atoms with Crippen molar-refractivity contribution in [1.29, 1.82) is 0 Å². The lowest BCUT2D eigenvalue weighted by molar-refractivity contribution is 0.562. The molecule has 0 saturated heterocycles. The summed E-state index contributed by atoms with van der Waals surface area (Å²) in [4.78, 5) is 0. The molecule has 0 aliphatic carbocycles. The highest BCUT2D eigenvalue weighted by atomic mass is 32.2. The summed E-state index contributed by atoms with van der Waals surface area (Å²) >= 11 is -1.22. The van der Waals surface area contributed by atoms with E-state index in [1.54, 1.807) is 12.5 Å². The summed E-state index contributed by atoms with van der Waals surface area (Å²) in [7, 11) is 0. The second-order valence-corrected chi connectivity index (χ2v) is 6.75. The molecule has 0 bridgehead atoms. The van der Waals surface area contributed by atoms with Gasteiger partial charge in [0.2, 0.25) is 0 Å². The van der Waals surface area contributed by atoms with Crippen molar-refractivity contribution in [2.75, 3.05) is 0 Å². The van der Waals surface area contributed by atoms with Crippen molar-refractivity contribution in [2.24, 2.45) is 4.40 Å². The first kappa shape index (κ1) is 12.2. The third kappa shape index (κ3) is 2.90. The van der Waals surface area contributed by atoms with Crippen molar-refractivity contribution in [3.8, 4) is 0 Å². The molecule has 1 aromatic heterocycles. The van der Waals surface area contributed by atoms with Gasteiger partial charge in [-0.1, -0.05) is 4.40 Å². The van der Waals surface area contributed by atoms with Crippen LogP contribution < -0.4 is 0 Å². The van der Waals surface area contributed by atoms with Gasteiger partial charge in [0, 0.05) is 5.39 Å². The maximum absolute atomic E-state index is 11.7. The molecule has 2 rings (SSSR count). The van der Waals surface area contributed by atoms with E-state index in [1.165, 1.54) is 0 Å². The first-order chi connectivity index (χ1) is 7.97. The third-order valence-corrected chi connectivity index (χ3v) is 3.64. The quantitative estimate of drug-likeness (QED) is 0.605. The SMILES string of the molecule is CC(C)(C)[S+]([O-])N=Cc1ccc2occc2c1. The highest BCUT2D eigenvalue weighted by Gasteiger charge is 2.25. The van der Waals surface area contributed by atoms with E-state index in [0.717, 1.165) is 16.5 Å². The molecule has 0 radical (unpaired) electrons. The second-order valence-electron chi connectivity index (χ2n) is 4.81. The van der Waals surface area contributed by atoms with Crippen molar-refractivity contribution >= 4 is 28.5 Å². The van der Waals surface area contributed by atoms with Crippen molar-refractivity contribution in [1.82, 2.24) is 0 Å². The minimum absolute atomic E-state index is 0.323. The van der Waals surface area contributed by atoms with Gasteiger partial charge in [-0.3, -0.25) is 0 Å². The molecular weight excluding hydrogens is 234 g/mol. The topological polar surface area (TPSA) is 48.6 Å². The average molecular weight is 249 g/mol. The lowest BCUT2D eigenvalue weighted by Gasteiger charge is -2.17. The molecule has 4 heteroatoms. The first-order valence-corrected chi connectivity index (χ1v) is 6.51. The number of furan rings is 1. The summed E-state index contributed by atoms with van der Waals surface area (Å²) in [6.45, 7) is 5.71. The molecule has 0 saturated carbocycles. The van der Waals surface area contributed by atoms with Crippen molar-refractivity contribution in [3.05, 3.63) is 36.1 Å². The molecule has 1 aromatic carbocycles. The van der Waals surface area contributed by atoms with E-state index in [-0.39, 0.29) is 4.75 Å². The van der Waals surface area contributed by atoms with Gasteiger partial charge in [-0.2, -0.15) is 0 Å². The summed E-state index contributed by atoms with van der Waals surface area (Å²) in [5.41, 5.74) is 1.77. The van der Waals surface area contributed by atoms with E-state index in [4.69, 9.17) is 4.42 Å². The Kier molecular flexibility index (Phi) is 3.26. The molecule has 1 unspecified atom stereocenters. The number of hydrogen-bond acceptors (Lipinski definition) is 3. The second kappa shape index (κ2) is 4.55. The first-order valence-electron chi connectivity index (χ1n) is 5.40. The molecule has 0 N–H and O–H groups in total. The average Bonchev–Trinajstić information content (AvgIpc) is 2.71. The molecule has 0 amide bonds. The fourth-order valence-corrected chi connectivity index (χ4v) is 1.87. The van der Waals surface area contributed by atoms with Crippen LogP contribution in [-0.2, 0) is 11.4 Å². The molecule has 0 spiro atoms. The fourth-order valence-electron chi connectivity index (χ4n) is 1.33. The number of benzene rings is 1. The predicted octanol–water partition coefficient (Wildman–Crippen LogP) is 3.31. The Morgan fingerprint density at radius 3 is 2.76 bits per heavy atom. The predicted molar refractivity (Wildman–Crippen MR) is 71.7 cm³/mol. The number of fused-ring (bicyclic) bond motifs is 1. The molecule has 3 nitrogen and oxygen atoms in total. The smallest absolute Gasteiger partial charge is 0.144 e. The summed E-state index contributed by atoms with van der Waals surface area (Å²) in [5, 5.41) is 1.02. The Balaban J connectivity index is 2.20. The van der Waals surface area contributed by atoms with Crippen LogP contribution in [0.2, 0.25) is 0 Å². The molecule has 1 heterocycles. The fraction of sp³-hybridized carbons (Fsp3) is 0.308. The molecule has 1 atom stereocenters. The Labute approximate surface area is 104 Å². The van der Waals surface area contributed by atoms with Crippen LogP contribution in [0.1, 0.15) is 26.3 Å². The molecule has 0 aliphatic rings. The zero-order valence-electron chi connectivity index (χ0n) is 10.1. The molecular formula is C13H15NO2S. The number of rotatable bonds is 2. The van der Waals surface area contributed by atoms with E-state index in [1.807, 2.05) is 45.0 Å². The Morgan fingerprint density at radius 2 is 2.06 bits per heavy atom. The Hall–Kier alpha value is -1.26. The van der Waals surface area contributed by atoms with Crippen LogP contribution in [0.4, 0.5) is 0 Å². The van der Waals surface area contributed by atoms with Crippen LogP contribution in [0.3, 0.4) is 0 Å². The maximum Gasteiger partial charge on any atom is 0.144 e. The van der Waals surface area contributed by atoms with E-state index < -0.39 is 11.4 Å². The van der Waals surface area contributed by atoms with E-state index in [0.29, 0.717) is 0 Å². The summed E-state index contributed by atoms with van der Waals surface area (Å²) in [6.07, 6.45) is 3.30. The molecule has 0 fully saturated rings. The van der Waals surface area contributed by atoms with E-state index >= 15 is 0 Å². The molecule has 17 heavy (non-hydrogen) atoms. The van der Waals surface area contributed by atoms with Crippen LogP contribution in [0.25, 0.3) is 11.0 Å². The monoisotopic (exact) mass is 249 g/mol. The van der Waals surface area contributed by atoms with Crippen LogP contribution in [0.5, 0.6) is 0 Å². The van der Waals surface area contributed by atoms with Crippen LogP contribution in [-0.4, -0.2) is 15.5 Å². The Morgan fingerprint density at radius 1 is 1.29 bits per heavy atom. The van der Waals surface area contributed by atoms with Gasteiger partial charge in [0.1, 0.15) is 21.7 Å². The van der Waals surface area contributed by atoms with Crippen molar-refractivity contribution < 1.29 is 8.97 Å². The van der Waals surface area contributed by atoms with Gasteiger partial charge in [0.05, 0.1) is 12.5 Å². The number of hydrogen-bond donors (Lipinski definition) is 0. The van der Waals surface area contributed by atoms with Gasteiger partial charge in [-0.05, 0) is 50.6 Å². The van der Waals surface area contributed by atoms with Crippen LogP contribution in [0.15, 0.2) is 39.3 Å². The van der Waals surface area contributed by atoms with E-state index in [2.05, 4.69) is 4.40 Å². The van der Waals surface area contributed by atoms with Gasteiger partial charge in [-0.25, -0.2) is 0 Å². The van der Waals surface area contributed by atoms with Gasteiger partial charge < -0.3 is 8.97 Å². The zero-order valence-corrected chi connectivity index (χ0v) is 11.0. The number of nitrogens with zero attached hydrogens (tertiary/aromatic N) is 1. The largest absolute Gasteiger partial charge is 0.591 e. The minimum Gasteiger partial charge on any atom is -0.591 e. The van der Waals surface area contributed by atoms with Crippen molar-refractivity contribution in [2.45, 2.75) is 25.5 Å². The van der Waals surface area contributed by atoms with E-state index in [9.17, 15) is 4.55 Å². The highest BCUT2D eigenvalue weighted by Crippen LogP contribution is 2.18. The van der Waals surface area contributed by atoms with Crippen LogP contribution >= 0.6 is 0 Å². The van der Waals surface area contributed by atoms with Crippen LogP contribution in [0, 0.1) is 0 Å². The van der Waals surface area contributed by atoms with Gasteiger partial charge >= 0.3 is 0 Å².